The first-order valence-corrected chi connectivity index (χ1v) is 7.55. The smallest absolute Gasteiger partial charge is 0.248 e. The highest BCUT2D eigenvalue weighted by Crippen LogP contribution is 2.25. The van der Waals surface area contributed by atoms with E-state index in [1.165, 1.54) is 0 Å². The first-order chi connectivity index (χ1) is 9.72. The van der Waals surface area contributed by atoms with Crippen molar-refractivity contribution in [2.75, 3.05) is 26.3 Å². The van der Waals surface area contributed by atoms with Gasteiger partial charge < -0.3 is 14.2 Å². The van der Waals surface area contributed by atoms with Gasteiger partial charge in [-0.05, 0) is 19.3 Å². The average Bonchev–Trinajstić information content (AvgIpc) is 2.90. The van der Waals surface area contributed by atoms with Crippen LogP contribution in [0, 0.1) is 0 Å². The van der Waals surface area contributed by atoms with Crippen molar-refractivity contribution in [2.45, 2.75) is 38.5 Å². The number of imidazole rings is 1. The Bertz CT molecular complexity index is 431. The summed E-state index contributed by atoms with van der Waals surface area (Å²) in [6, 6.07) is 0. The lowest BCUT2D eigenvalue weighted by molar-refractivity contribution is -0.137. The molecule has 1 amide bonds. The Balaban J connectivity index is 1.84. The molecular formula is C15H25N3O2. The zero-order valence-corrected chi connectivity index (χ0v) is 12.5. The molecule has 0 aliphatic carbocycles. The van der Waals surface area contributed by atoms with Gasteiger partial charge in [-0.15, -0.1) is 0 Å². The number of aromatic nitrogens is 2. The fraction of sp³-hybridized carbons (Fsp3) is 0.733. The van der Waals surface area contributed by atoms with E-state index in [4.69, 9.17) is 4.74 Å². The standard InChI is InChI=1S/C15H25N3O2/c1-3-4-10-20-12-14(19)18-8-5-6-13(11-18)15-16-7-9-17(15)2/h7,9,13H,3-6,8,10-12H2,1-2H3/t13-/m0/s1. The lowest BCUT2D eigenvalue weighted by Crippen LogP contribution is -2.41. The van der Waals surface area contributed by atoms with E-state index in [1.54, 1.807) is 0 Å². The summed E-state index contributed by atoms with van der Waals surface area (Å²) in [5, 5.41) is 0. The van der Waals surface area contributed by atoms with E-state index < -0.39 is 0 Å². The van der Waals surface area contributed by atoms with Crippen LogP contribution in [0.1, 0.15) is 44.3 Å². The molecule has 0 saturated carbocycles. The molecule has 2 rings (SSSR count). The first kappa shape index (κ1) is 15.0. The molecule has 1 aromatic heterocycles. The molecule has 1 fully saturated rings. The van der Waals surface area contributed by atoms with Gasteiger partial charge in [0, 0.05) is 45.1 Å². The number of carbonyl (C=O) groups is 1. The molecule has 20 heavy (non-hydrogen) atoms. The van der Waals surface area contributed by atoms with Crippen LogP contribution in [-0.4, -0.2) is 46.7 Å². The molecule has 1 saturated heterocycles. The van der Waals surface area contributed by atoms with Crippen molar-refractivity contribution < 1.29 is 9.53 Å². The summed E-state index contributed by atoms with van der Waals surface area (Å²) in [7, 11) is 2.01. The fourth-order valence-corrected chi connectivity index (χ4v) is 2.68. The van der Waals surface area contributed by atoms with Crippen LogP contribution in [0.5, 0.6) is 0 Å². The number of aryl methyl sites for hydroxylation is 1. The van der Waals surface area contributed by atoms with Crippen molar-refractivity contribution in [3.8, 4) is 0 Å². The van der Waals surface area contributed by atoms with Crippen molar-refractivity contribution in [2.24, 2.45) is 7.05 Å². The molecule has 5 heteroatoms. The second-order valence-electron chi connectivity index (χ2n) is 5.48. The molecule has 0 unspecified atom stereocenters. The summed E-state index contributed by atoms with van der Waals surface area (Å²) in [6.45, 7) is 4.62. The van der Waals surface area contributed by atoms with Crippen LogP contribution in [0.2, 0.25) is 0 Å². The lowest BCUT2D eigenvalue weighted by atomic mass is 9.97. The van der Waals surface area contributed by atoms with Crippen molar-refractivity contribution in [3.05, 3.63) is 18.2 Å². The van der Waals surface area contributed by atoms with Crippen molar-refractivity contribution in [1.82, 2.24) is 14.5 Å². The fourth-order valence-electron chi connectivity index (χ4n) is 2.68. The third kappa shape index (κ3) is 3.82. The van der Waals surface area contributed by atoms with Gasteiger partial charge in [0.2, 0.25) is 5.91 Å². The maximum atomic E-state index is 12.1. The molecule has 2 heterocycles. The highest BCUT2D eigenvalue weighted by atomic mass is 16.5. The second kappa shape index (κ2) is 7.43. The van der Waals surface area contributed by atoms with Crippen LogP contribution in [-0.2, 0) is 16.6 Å². The SMILES string of the molecule is CCCCOCC(=O)N1CCC[C@H](c2nccn2C)C1. The molecule has 0 spiro atoms. The Kier molecular flexibility index (Phi) is 5.59. The minimum absolute atomic E-state index is 0.111. The minimum Gasteiger partial charge on any atom is -0.372 e. The number of hydrogen-bond acceptors (Lipinski definition) is 3. The number of likely N-dealkylation sites (tertiary alicyclic amines) is 1. The van der Waals surface area contributed by atoms with Gasteiger partial charge in [-0.25, -0.2) is 4.98 Å². The van der Waals surface area contributed by atoms with Crippen LogP contribution in [0.15, 0.2) is 12.4 Å². The molecule has 1 aromatic rings. The van der Waals surface area contributed by atoms with Gasteiger partial charge in [0.1, 0.15) is 12.4 Å². The quantitative estimate of drug-likeness (QED) is 0.748. The van der Waals surface area contributed by atoms with Gasteiger partial charge in [0.25, 0.3) is 0 Å². The number of carbonyl (C=O) groups excluding carboxylic acids is 1. The van der Waals surface area contributed by atoms with E-state index >= 15 is 0 Å². The predicted octanol–water partition coefficient (Wildman–Crippen LogP) is 1.94. The summed E-state index contributed by atoms with van der Waals surface area (Å²) < 4.78 is 7.48. The van der Waals surface area contributed by atoms with Crippen LogP contribution in [0.25, 0.3) is 0 Å². The zero-order valence-electron chi connectivity index (χ0n) is 12.5. The normalized spacial score (nSPS) is 19.3. The van der Waals surface area contributed by atoms with E-state index in [1.807, 2.05) is 24.3 Å². The van der Waals surface area contributed by atoms with Crippen LogP contribution in [0.3, 0.4) is 0 Å². The topological polar surface area (TPSA) is 47.4 Å². The Morgan fingerprint density at radius 2 is 2.40 bits per heavy atom. The summed E-state index contributed by atoms with van der Waals surface area (Å²) in [5.41, 5.74) is 0. The predicted molar refractivity (Wildman–Crippen MR) is 77.5 cm³/mol. The third-order valence-electron chi connectivity index (χ3n) is 3.87. The molecule has 0 radical (unpaired) electrons. The van der Waals surface area contributed by atoms with Crippen molar-refractivity contribution >= 4 is 5.91 Å². The highest BCUT2D eigenvalue weighted by Gasteiger charge is 2.26. The molecule has 1 aliphatic heterocycles. The average molecular weight is 279 g/mol. The number of amides is 1. The first-order valence-electron chi connectivity index (χ1n) is 7.55. The molecule has 1 atom stereocenters. The highest BCUT2D eigenvalue weighted by molar-refractivity contribution is 5.77. The van der Waals surface area contributed by atoms with Crippen molar-refractivity contribution in [1.29, 1.82) is 0 Å². The number of nitrogens with zero attached hydrogens (tertiary/aromatic N) is 3. The Hall–Kier alpha value is -1.36. The van der Waals surface area contributed by atoms with E-state index in [9.17, 15) is 4.79 Å². The number of hydrogen-bond donors (Lipinski definition) is 0. The summed E-state index contributed by atoms with van der Waals surface area (Å²) in [5.74, 6) is 1.54. The van der Waals surface area contributed by atoms with Crippen molar-refractivity contribution in [3.63, 3.8) is 0 Å². The number of ether oxygens (including phenoxy) is 1. The van der Waals surface area contributed by atoms with Crippen LogP contribution < -0.4 is 0 Å². The third-order valence-corrected chi connectivity index (χ3v) is 3.87. The van der Waals surface area contributed by atoms with E-state index in [0.717, 1.165) is 44.6 Å². The molecule has 5 nitrogen and oxygen atoms in total. The van der Waals surface area contributed by atoms with Gasteiger partial charge >= 0.3 is 0 Å². The van der Waals surface area contributed by atoms with Gasteiger partial charge in [0.05, 0.1) is 0 Å². The van der Waals surface area contributed by atoms with Gasteiger partial charge in [-0.2, -0.15) is 0 Å². The summed E-state index contributed by atoms with van der Waals surface area (Å²) >= 11 is 0. The van der Waals surface area contributed by atoms with Crippen LogP contribution in [0.4, 0.5) is 0 Å². The molecule has 1 aliphatic rings. The molecule has 0 bridgehead atoms. The lowest BCUT2D eigenvalue weighted by Gasteiger charge is -2.32. The van der Waals surface area contributed by atoms with E-state index in [2.05, 4.69) is 16.5 Å². The van der Waals surface area contributed by atoms with Gasteiger partial charge in [0.15, 0.2) is 0 Å². The Morgan fingerprint density at radius 1 is 1.55 bits per heavy atom. The zero-order chi connectivity index (χ0) is 14.4. The van der Waals surface area contributed by atoms with Crippen LogP contribution >= 0.6 is 0 Å². The largest absolute Gasteiger partial charge is 0.372 e. The van der Waals surface area contributed by atoms with E-state index in [-0.39, 0.29) is 12.5 Å². The van der Waals surface area contributed by atoms with E-state index in [0.29, 0.717) is 12.5 Å². The molecule has 112 valence electrons. The Morgan fingerprint density at radius 3 is 3.10 bits per heavy atom. The van der Waals surface area contributed by atoms with Gasteiger partial charge in [-0.3, -0.25) is 4.79 Å². The number of unbranched alkanes of at least 4 members (excludes halogenated alkanes) is 1. The maximum absolute atomic E-state index is 12.1. The number of rotatable bonds is 6. The second-order valence-corrected chi connectivity index (χ2v) is 5.48. The monoisotopic (exact) mass is 279 g/mol. The summed E-state index contributed by atoms with van der Waals surface area (Å²) in [6.07, 6.45) is 8.04. The van der Waals surface area contributed by atoms with Gasteiger partial charge in [-0.1, -0.05) is 13.3 Å². The molecular weight excluding hydrogens is 254 g/mol. The maximum Gasteiger partial charge on any atom is 0.248 e. The Labute approximate surface area is 120 Å². The minimum atomic E-state index is 0.111. The molecule has 0 N–H and O–H groups in total. The summed E-state index contributed by atoms with van der Waals surface area (Å²) in [4.78, 5) is 18.5. The molecule has 0 aromatic carbocycles. The number of piperidine rings is 1.